The molecule has 3 heteroatoms. The molecule has 1 aliphatic heterocycles. The molecule has 112 valence electrons. The molecule has 20 heavy (non-hydrogen) atoms. The molecule has 2 rings (SSSR count). The summed E-state index contributed by atoms with van der Waals surface area (Å²) in [6.45, 7) is 10.5. The van der Waals surface area contributed by atoms with Gasteiger partial charge in [0.2, 0.25) is 0 Å². The van der Waals surface area contributed by atoms with Crippen molar-refractivity contribution in [1.82, 2.24) is 5.32 Å². The van der Waals surface area contributed by atoms with Crippen LogP contribution >= 0.6 is 0 Å². The van der Waals surface area contributed by atoms with E-state index in [0.29, 0.717) is 0 Å². The number of hydrogen-bond acceptors (Lipinski definition) is 3. The zero-order valence-corrected chi connectivity index (χ0v) is 12.9. The standard InChI is InChI=1S/C17H28N2O/c1-3-11-18-13-17(10-12-20-15-17)14-19(4-2)16-8-6-5-7-9-16/h5-9,18H,3-4,10-15H2,1-2H3. The molecular weight excluding hydrogens is 248 g/mol. The number of benzene rings is 1. The van der Waals surface area contributed by atoms with Crippen LogP contribution in [-0.2, 0) is 4.74 Å². The lowest BCUT2D eigenvalue weighted by Crippen LogP contribution is -2.45. The number of nitrogens with one attached hydrogen (secondary N) is 1. The molecule has 1 aliphatic rings. The van der Waals surface area contributed by atoms with Crippen molar-refractivity contribution in [1.29, 1.82) is 0 Å². The van der Waals surface area contributed by atoms with Gasteiger partial charge in [-0.25, -0.2) is 0 Å². The highest BCUT2D eigenvalue weighted by atomic mass is 16.5. The Balaban J connectivity index is 2.02. The molecule has 1 N–H and O–H groups in total. The largest absolute Gasteiger partial charge is 0.381 e. The number of ether oxygens (including phenoxy) is 1. The van der Waals surface area contributed by atoms with Crippen LogP contribution in [0.4, 0.5) is 5.69 Å². The van der Waals surface area contributed by atoms with Crippen molar-refractivity contribution >= 4 is 5.69 Å². The quantitative estimate of drug-likeness (QED) is 0.739. The average molecular weight is 276 g/mol. The third-order valence-electron chi connectivity index (χ3n) is 4.14. The van der Waals surface area contributed by atoms with Gasteiger partial charge in [0.25, 0.3) is 0 Å². The molecule has 0 spiro atoms. The van der Waals surface area contributed by atoms with Crippen LogP contribution in [0.25, 0.3) is 0 Å². The van der Waals surface area contributed by atoms with Crippen molar-refractivity contribution in [3.8, 4) is 0 Å². The Morgan fingerprint density at radius 2 is 2.05 bits per heavy atom. The Hall–Kier alpha value is -1.06. The van der Waals surface area contributed by atoms with E-state index in [1.807, 2.05) is 0 Å². The van der Waals surface area contributed by atoms with Gasteiger partial charge in [-0.2, -0.15) is 0 Å². The summed E-state index contributed by atoms with van der Waals surface area (Å²) in [6.07, 6.45) is 2.35. The van der Waals surface area contributed by atoms with Gasteiger partial charge < -0.3 is 15.0 Å². The fraction of sp³-hybridized carbons (Fsp3) is 0.647. The van der Waals surface area contributed by atoms with Crippen LogP contribution in [-0.4, -0.2) is 39.4 Å². The van der Waals surface area contributed by atoms with E-state index in [0.717, 1.165) is 45.8 Å². The maximum atomic E-state index is 5.71. The number of nitrogens with zero attached hydrogens (tertiary/aromatic N) is 1. The highest BCUT2D eigenvalue weighted by Crippen LogP contribution is 2.30. The molecule has 1 aromatic carbocycles. The summed E-state index contributed by atoms with van der Waals surface area (Å²) in [5, 5.41) is 3.59. The third-order valence-corrected chi connectivity index (χ3v) is 4.14. The minimum absolute atomic E-state index is 0.265. The minimum atomic E-state index is 0.265. The van der Waals surface area contributed by atoms with E-state index in [-0.39, 0.29) is 5.41 Å². The normalized spacial score (nSPS) is 22.1. The Morgan fingerprint density at radius 3 is 2.65 bits per heavy atom. The number of anilines is 1. The summed E-state index contributed by atoms with van der Waals surface area (Å²) in [5.74, 6) is 0. The smallest absolute Gasteiger partial charge is 0.0552 e. The van der Waals surface area contributed by atoms with Gasteiger partial charge in [0, 0.05) is 37.3 Å². The maximum Gasteiger partial charge on any atom is 0.0552 e. The van der Waals surface area contributed by atoms with E-state index in [1.165, 1.54) is 12.1 Å². The molecule has 1 saturated heterocycles. The first-order chi connectivity index (χ1) is 9.79. The molecule has 0 radical (unpaired) electrons. The van der Waals surface area contributed by atoms with E-state index < -0.39 is 0 Å². The molecule has 3 nitrogen and oxygen atoms in total. The van der Waals surface area contributed by atoms with Crippen LogP contribution in [0, 0.1) is 5.41 Å². The molecule has 1 fully saturated rings. The van der Waals surface area contributed by atoms with E-state index in [4.69, 9.17) is 4.74 Å². The van der Waals surface area contributed by atoms with E-state index in [1.54, 1.807) is 0 Å². The lowest BCUT2D eigenvalue weighted by Gasteiger charge is -2.35. The second-order valence-corrected chi connectivity index (χ2v) is 5.83. The van der Waals surface area contributed by atoms with Gasteiger partial charge in [-0.3, -0.25) is 0 Å². The maximum absolute atomic E-state index is 5.71. The van der Waals surface area contributed by atoms with Crippen LogP contribution in [0.5, 0.6) is 0 Å². The molecule has 0 amide bonds. The van der Waals surface area contributed by atoms with Crippen molar-refractivity contribution in [2.24, 2.45) is 5.41 Å². The zero-order chi connectivity index (χ0) is 14.3. The molecular formula is C17H28N2O. The van der Waals surface area contributed by atoms with Crippen LogP contribution in [0.3, 0.4) is 0 Å². The molecule has 0 bridgehead atoms. The van der Waals surface area contributed by atoms with Gasteiger partial charge in [-0.15, -0.1) is 0 Å². The van der Waals surface area contributed by atoms with E-state index >= 15 is 0 Å². The molecule has 1 unspecified atom stereocenters. The van der Waals surface area contributed by atoms with Crippen LogP contribution in [0.2, 0.25) is 0 Å². The van der Waals surface area contributed by atoms with Crippen molar-refractivity contribution in [2.45, 2.75) is 26.7 Å². The van der Waals surface area contributed by atoms with Gasteiger partial charge in [-0.1, -0.05) is 25.1 Å². The molecule has 1 heterocycles. The summed E-state index contributed by atoms with van der Waals surface area (Å²) in [5.41, 5.74) is 1.58. The Bertz CT molecular complexity index is 374. The second kappa shape index (κ2) is 7.65. The summed E-state index contributed by atoms with van der Waals surface area (Å²) >= 11 is 0. The van der Waals surface area contributed by atoms with Crippen molar-refractivity contribution in [3.05, 3.63) is 30.3 Å². The highest BCUT2D eigenvalue weighted by Gasteiger charge is 2.36. The second-order valence-electron chi connectivity index (χ2n) is 5.83. The monoisotopic (exact) mass is 276 g/mol. The van der Waals surface area contributed by atoms with E-state index in [9.17, 15) is 0 Å². The first-order valence-electron chi connectivity index (χ1n) is 7.88. The topological polar surface area (TPSA) is 24.5 Å². The van der Waals surface area contributed by atoms with Crippen LogP contribution < -0.4 is 10.2 Å². The van der Waals surface area contributed by atoms with Gasteiger partial charge in [0.1, 0.15) is 0 Å². The molecule has 0 saturated carbocycles. The minimum Gasteiger partial charge on any atom is -0.381 e. The average Bonchev–Trinajstić information content (AvgIpc) is 2.95. The Labute approximate surface area is 123 Å². The Morgan fingerprint density at radius 1 is 1.25 bits per heavy atom. The van der Waals surface area contributed by atoms with Gasteiger partial charge >= 0.3 is 0 Å². The van der Waals surface area contributed by atoms with Crippen molar-refractivity contribution < 1.29 is 4.74 Å². The number of hydrogen-bond donors (Lipinski definition) is 1. The number of para-hydroxylation sites is 1. The first kappa shape index (κ1) is 15.3. The predicted octanol–water partition coefficient (Wildman–Crippen LogP) is 2.92. The fourth-order valence-corrected chi connectivity index (χ4v) is 2.93. The SMILES string of the molecule is CCCNCC1(CN(CC)c2ccccc2)CCOC1. The lowest BCUT2D eigenvalue weighted by molar-refractivity contribution is 0.152. The number of rotatable bonds is 8. The van der Waals surface area contributed by atoms with Gasteiger partial charge in [-0.05, 0) is 38.4 Å². The van der Waals surface area contributed by atoms with Gasteiger partial charge in [0.15, 0.2) is 0 Å². The molecule has 1 aromatic rings. The predicted molar refractivity (Wildman–Crippen MR) is 85.4 cm³/mol. The zero-order valence-electron chi connectivity index (χ0n) is 12.9. The van der Waals surface area contributed by atoms with Crippen LogP contribution in [0.15, 0.2) is 30.3 Å². The van der Waals surface area contributed by atoms with E-state index in [2.05, 4.69) is 54.4 Å². The summed E-state index contributed by atoms with van der Waals surface area (Å²) in [4.78, 5) is 2.47. The summed E-state index contributed by atoms with van der Waals surface area (Å²) in [6, 6.07) is 10.7. The van der Waals surface area contributed by atoms with Crippen molar-refractivity contribution in [2.75, 3.05) is 44.3 Å². The molecule has 0 aliphatic carbocycles. The highest BCUT2D eigenvalue weighted by molar-refractivity contribution is 5.46. The summed E-state index contributed by atoms with van der Waals surface area (Å²) in [7, 11) is 0. The molecule has 1 atom stereocenters. The molecule has 0 aromatic heterocycles. The van der Waals surface area contributed by atoms with Crippen LogP contribution in [0.1, 0.15) is 26.7 Å². The first-order valence-corrected chi connectivity index (χ1v) is 7.88. The summed E-state index contributed by atoms with van der Waals surface area (Å²) < 4.78 is 5.71. The third kappa shape index (κ3) is 3.97. The van der Waals surface area contributed by atoms with Gasteiger partial charge in [0.05, 0.1) is 6.61 Å². The fourth-order valence-electron chi connectivity index (χ4n) is 2.93. The Kier molecular flexibility index (Phi) is 5.86. The van der Waals surface area contributed by atoms with Crippen molar-refractivity contribution in [3.63, 3.8) is 0 Å². The lowest BCUT2D eigenvalue weighted by atomic mass is 9.86.